The molecule has 0 bridgehead atoms. The number of hydrogen-bond donors (Lipinski definition) is 0. The van der Waals surface area contributed by atoms with E-state index in [2.05, 4.69) is 15.2 Å². The first-order valence-corrected chi connectivity index (χ1v) is 6.60. The molecule has 1 fully saturated rings. The minimum Gasteiger partial charge on any atom is -0.443 e. The molecule has 0 saturated heterocycles. The van der Waals surface area contributed by atoms with Crippen molar-refractivity contribution in [2.45, 2.75) is 38.8 Å². The van der Waals surface area contributed by atoms with Crippen molar-refractivity contribution in [3.8, 4) is 0 Å². The van der Waals surface area contributed by atoms with Crippen LogP contribution < -0.4 is 0 Å². The lowest BCUT2D eigenvalue weighted by Crippen LogP contribution is -2.28. The molecule has 21 heavy (non-hydrogen) atoms. The van der Waals surface area contributed by atoms with Gasteiger partial charge in [-0.2, -0.15) is 5.11 Å². The summed E-state index contributed by atoms with van der Waals surface area (Å²) < 4.78 is 4.93. The second kappa shape index (κ2) is 6.34. The lowest BCUT2D eigenvalue weighted by molar-refractivity contribution is -0.133. The summed E-state index contributed by atoms with van der Waals surface area (Å²) in [6.07, 6.45) is 0.270. The fourth-order valence-electron chi connectivity index (χ4n) is 1.74. The number of azo groups is 1. The zero-order valence-electron chi connectivity index (χ0n) is 11.8. The number of esters is 1. The highest BCUT2D eigenvalue weighted by Gasteiger charge is 2.36. The Labute approximate surface area is 121 Å². The zero-order chi connectivity index (χ0) is 15.4. The molecule has 2 rings (SSSR count). The molecule has 7 heteroatoms. The molecule has 1 aromatic heterocycles. The Balaban J connectivity index is 2.03. The average Bonchev–Trinajstić information content (AvgIpc) is 2.77. The van der Waals surface area contributed by atoms with E-state index in [0.717, 1.165) is 0 Å². The van der Waals surface area contributed by atoms with Gasteiger partial charge in [-0.25, -0.2) is 9.78 Å². The average molecular weight is 289 g/mol. The van der Waals surface area contributed by atoms with Crippen molar-refractivity contribution in [2.24, 2.45) is 10.2 Å². The summed E-state index contributed by atoms with van der Waals surface area (Å²) in [4.78, 5) is 38.6. The van der Waals surface area contributed by atoms with Gasteiger partial charge < -0.3 is 4.74 Å². The van der Waals surface area contributed by atoms with Crippen LogP contribution in [0.3, 0.4) is 0 Å². The van der Waals surface area contributed by atoms with Crippen LogP contribution in [0.5, 0.6) is 0 Å². The first kappa shape index (κ1) is 15.0. The molecule has 0 radical (unpaired) electrons. The molecule has 1 aliphatic carbocycles. The molecule has 1 saturated carbocycles. The smallest absolute Gasteiger partial charge is 0.340 e. The van der Waals surface area contributed by atoms with Gasteiger partial charge >= 0.3 is 5.97 Å². The SMILES string of the molecule is CC(C)N=Nc1ccc(C(=O)OC2C(=O)CCC2=O)cn1. The van der Waals surface area contributed by atoms with E-state index in [1.54, 1.807) is 0 Å². The monoisotopic (exact) mass is 289 g/mol. The number of rotatable bonds is 4. The Kier molecular flexibility index (Phi) is 4.52. The number of hydrogen-bond acceptors (Lipinski definition) is 7. The maximum Gasteiger partial charge on any atom is 0.340 e. The third-order valence-electron chi connectivity index (χ3n) is 2.80. The van der Waals surface area contributed by atoms with E-state index < -0.39 is 12.1 Å². The number of ether oxygens (including phenoxy) is 1. The van der Waals surface area contributed by atoms with Crippen LogP contribution in [0.1, 0.15) is 37.0 Å². The largest absolute Gasteiger partial charge is 0.443 e. The second-order valence-electron chi connectivity index (χ2n) is 4.93. The Morgan fingerprint density at radius 3 is 2.48 bits per heavy atom. The summed E-state index contributed by atoms with van der Waals surface area (Å²) in [5.74, 6) is -1.09. The topological polar surface area (TPSA) is 98.0 Å². The molecule has 0 amide bonds. The van der Waals surface area contributed by atoms with Gasteiger partial charge in [-0.15, -0.1) is 5.11 Å². The molecule has 0 unspecified atom stereocenters. The predicted octanol–water partition coefficient (Wildman–Crippen LogP) is 2.03. The third-order valence-corrected chi connectivity index (χ3v) is 2.80. The standard InChI is InChI=1S/C14H15N3O4/c1-8(2)16-17-12-6-3-9(7-15-12)14(20)21-13-10(18)4-5-11(13)19/h3,6-8,13H,4-5H2,1-2H3. The fourth-order valence-corrected chi connectivity index (χ4v) is 1.74. The van der Waals surface area contributed by atoms with Crippen LogP contribution in [0.15, 0.2) is 28.6 Å². The van der Waals surface area contributed by atoms with Crippen LogP contribution in [0, 0.1) is 0 Å². The molecular weight excluding hydrogens is 274 g/mol. The molecule has 0 spiro atoms. The van der Waals surface area contributed by atoms with Gasteiger partial charge in [0.05, 0.1) is 11.6 Å². The minimum atomic E-state index is -1.27. The molecular formula is C14H15N3O4. The van der Waals surface area contributed by atoms with Gasteiger partial charge in [-0.3, -0.25) is 9.59 Å². The zero-order valence-corrected chi connectivity index (χ0v) is 11.8. The summed E-state index contributed by atoms with van der Waals surface area (Å²) in [5, 5.41) is 7.82. The van der Waals surface area contributed by atoms with Crippen LogP contribution in [0.2, 0.25) is 0 Å². The van der Waals surface area contributed by atoms with Gasteiger partial charge in [-0.05, 0) is 26.0 Å². The van der Waals surface area contributed by atoms with E-state index in [1.807, 2.05) is 13.8 Å². The van der Waals surface area contributed by atoms with E-state index in [1.165, 1.54) is 18.3 Å². The molecule has 1 aliphatic rings. The summed E-state index contributed by atoms with van der Waals surface area (Å²) in [6, 6.07) is 3.03. The number of nitrogens with zero attached hydrogens (tertiary/aromatic N) is 3. The quantitative estimate of drug-likeness (QED) is 0.480. The molecule has 1 heterocycles. The van der Waals surface area contributed by atoms with Crippen molar-refractivity contribution in [1.82, 2.24) is 4.98 Å². The van der Waals surface area contributed by atoms with Crippen LogP contribution in [0.4, 0.5) is 5.82 Å². The van der Waals surface area contributed by atoms with E-state index >= 15 is 0 Å². The maximum absolute atomic E-state index is 11.8. The molecule has 7 nitrogen and oxygen atoms in total. The number of carbonyl (C=O) groups excluding carboxylic acids is 3. The first-order valence-electron chi connectivity index (χ1n) is 6.60. The number of aromatic nitrogens is 1. The van der Waals surface area contributed by atoms with Crippen molar-refractivity contribution in [1.29, 1.82) is 0 Å². The third kappa shape index (κ3) is 3.77. The molecule has 110 valence electrons. The Bertz CT molecular complexity index is 577. The lowest BCUT2D eigenvalue weighted by Gasteiger charge is -2.08. The molecule has 0 atom stereocenters. The number of pyridine rings is 1. The van der Waals surface area contributed by atoms with E-state index in [-0.39, 0.29) is 36.0 Å². The highest BCUT2D eigenvalue weighted by Crippen LogP contribution is 2.17. The molecule has 0 N–H and O–H groups in total. The maximum atomic E-state index is 11.8. The van der Waals surface area contributed by atoms with Gasteiger partial charge in [0.1, 0.15) is 0 Å². The summed E-state index contributed by atoms with van der Waals surface area (Å²) in [5.41, 5.74) is 0.158. The van der Waals surface area contributed by atoms with Crippen LogP contribution >= 0.6 is 0 Å². The predicted molar refractivity (Wildman–Crippen MR) is 72.3 cm³/mol. The van der Waals surface area contributed by atoms with Crippen LogP contribution in [0.25, 0.3) is 0 Å². The second-order valence-corrected chi connectivity index (χ2v) is 4.93. The summed E-state index contributed by atoms with van der Waals surface area (Å²) in [7, 11) is 0. The van der Waals surface area contributed by atoms with Crippen molar-refractivity contribution >= 4 is 23.4 Å². The Morgan fingerprint density at radius 2 is 1.95 bits per heavy atom. The number of ketones is 2. The number of carbonyl (C=O) groups is 3. The van der Waals surface area contributed by atoms with Crippen molar-refractivity contribution in [3.63, 3.8) is 0 Å². The normalized spacial score (nSPS) is 16.1. The molecule has 0 aromatic carbocycles. The molecule has 1 aromatic rings. The van der Waals surface area contributed by atoms with Crippen molar-refractivity contribution < 1.29 is 19.1 Å². The fraction of sp³-hybridized carbons (Fsp3) is 0.429. The Hall–Kier alpha value is -2.44. The van der Waals surface area contributed by atoms with Crippen molar-refractivity contribution in [2.75, 3.05) is 0 Å². The summed E-state index contributed by atoms with van der Waals surface area (Å²) >= 11 is 0. The van der Waals surface area contributed by atoms with Crippen molar-refractivity contribution in [3.05, 3.63) is 23.9 Å². The minimum absolute atomic E-state index is 0.0517. The summed E-state index contributed by atoms with van der Waals surface area (Å²) in [6.45, 7) is 3.76. The van der Waals surface area contributed by atoms with Gasteiger partial charge in [0.25, 0.3) is 0 Å². The first-order chi connectivity index (χ1) is 9.97. The number of Topliss-reactive ketones (excluding diaryl/α,β-unsaturated/α-hetero) is 2. The van der Waals surface area contributed by atoms with E-state index in [0.29, 0.717) is 5.82 Å². The van der Waals surface area contributed by atoms with Gasteiger partial charge in [-0.1, -0.05) is 0 Å². The van der Waals surface area contributed by atoms with Crippen LogP contribution in [-0.2, 0) is 14.3 Å². The van der Waals surface area contributed by atoms with E-state index in [4.69, 9.17) is 4.74 Å². The van der Waals surface area contributed by atoms with Gasteiger partial charge in [0.15, 0.2) is 17.4 Å². The van der Waals surface area contributed by atoms with E-state index in [9.17, 15) is 14.4 Å². The Morgan fingerprint density at radius 1 is 1.29 bits per heavy atom. The van der Waals surface area contributed by atoms with Gasteiger partial charge in [0.2, 0.25) is 6.10 Å². The van der Waals surface area contributed by atoms with Gasteiger partial charge in [0, 0.05) is 19.0 Å². The van der Waals surface area contributed by atoms with Crippen LogP contribution in [-0.4, -0.2) is 34.7 Å². The highest BCUT2D eigenvalue weighted by atomic mass is 16.6. The molecule has 0 aliphatic heterocycles. The highest BCUT2D eigenvalue weighted by molar-refractivity contribution is 6.12. The lowest BCUT2D eigenvalue weighted by atomic mass is 10.2.